The van der Waals surface area contributed by atoms with Crippen LogP contribution in [-0.4, -0.2) is 42.0 Å². The zero-order valence-electron chi connectivity index (χ0n) is 12.8. The first-order valence-electron chi connectivity index (χ1n) is 7.37. The number of nitrogens with zero attached hydrogens (tertiary/aromatic N) is 1. The van der Waals surface area contributed by atoms with Crippen molar-refractivity contribution in [3.63, 3.8) is 0 Å². The lowest BCUT2D eigenvalue weighted by molar-refractivity contribution is 0.0705. The predicted octanol–water partition coefficient (Wildman–Crippen LogP) is 2.54. The number of fused-ring (bicyclic) bond motifs is 1. The van der Waals surface area contributed by atoms with Gasteiger partial charge in [-0.1, -0.05) is 12.1 Å². The van der Waals surface area contributed by atoms with Crippen LogP contribution in [0.25, 0.3) is 10.9 Å². The first-order chi connectivity index (χ1) is 10.6. The molecule has 1 amide bonds. The second-order valence-corrected chi connectivity index (χ2v) is 6.46. The highest BCUT2D eigenvalue weighted by molar-refractivity contribution is 9.10. The van der Waals surface area contributed by atoms with Crippen LogP contribution in [0.5, 0.6) is 0 Å². The summed E-state index contributed by atoms with van der Waals surface area (Å²) in [6.07, 6.45) is 1.88. The van der Waals surface area contributed by atoms with E-state index in [0.29, 0.717) is 11.1 Å². The number of hydrogen-bond acceptors (Lipinski definition) is 3. The molecule has 7 heteroatoms. The van der Waals surface area contributed by atoms with Crippen LogP contribution in [-0.2, 0) is 0 Å². The third-order valence-corrected chi connectivity index (χ3v) is 4.90. The fourth-order valence-corrected chi connectivity index (χ4v) is 3.44. The lowest BCUT2D eigenvalue weighted by atomic mass is 10.0. The fourth-order valence-electron chi connectivity index (χ4n) is 2.97. The molecule has 0 atom stereocenters. The van der Waals surface area contributed by atoms with Crippen LogP contribution in [0, 0.1) is 0 Å². The van der Waals surface area contributed by atoms with Crippen LogP contribution in [0.15, 0.2) is 33.5 Å². The number of carbonyl (C=O) groups is 1. The van der Waals surface area contributed by atoms with E-state index in [1.54, 1.807) is 4.90 Å². The Hall–Kier alpha value is -1.37. The molecule has 3 rings (SSSR count). The number of aromatic amines is 1. The Labute approximate surface area is 149 Å². The van der Waals surface area contributed by atoms with Gasteiger partial charge in [-0.2, -0.15) is 0 Å². The van der Waals surface area contributed by atoms with Gasteiger partial charge in [-0.25, -0.2) is 0 Å². The summed E-state index contributed by atoms with van der Waals surface area (Å²) in [6.45, 7) is 1.84. The maximum Gasteiger partial charge on any atom is 0.254 e. The summed E-state index contributed by atoms with van der Waals surface area (Å²) in [5, 5.41) is 4.06. The van der Waals surface area contributed by atoms with Gasteiger partial charge in [0.1, 0.15) is 0 Å². The molecule has 5 nitrogen and oxygen atoms in total. The molecular formula is C16H19BrClN3O2. The third-order valence-electron chi connectivity index (χ3n) is 4.23. The number of carbonyl (C=O) groups excluding carboxylic acids is 1. The molecule has 0 radical (unpaired) electrons. The van der Waals surface area contributed by atoms with Crippen molar-refractivity contribution in [1.29, 1.82) is 0 Å². The minimum Gasteiger partial charge on any atom is -0.339 e. The number of nitrogens with one attached hydrogen (secondary N) is 2. The Bertz CT molecular complexity index is 771. The van der Waals surface area contributed by atoms with Crippen molar-refractivity contribution in [3.8, 4) is 0 Å². The molecule has 1 aromatic heterocycles. The highest BCUT2D eigenvalue weighted by Crippen LogP contribution is 2.24. The summed E-state index contributed by atoms with van der Waals surface area (Å²) in [4.78, 5) is 29.3. The van der Waals surface area contributed by atoms with Crippen molar-refractivity contribution in [3.05, 3.63) is 44.7 Å². The Morgan fingerprint density at radius 2 is 2.00 bits per heavy atom. The summed E-state index contributed by atoms with van der Waals surface area (Å²) >= 11 is 3.42. The number of para-hydroxylation sites is 1. The number of hydrogen-bond donors (Lipinski definition) is 2. The predicted molar refractivity (Wildman–Crippen MR) is 97.5 cm³/mol. The SMILES string of the molecule is CN(C(=O)c1cc(=O)[nH]c2c(Br)cccc12)C1CCNCC1.Cl. The zero-order chi connectivity index (χ0) is 15.7. The van der Waals surface area contributed by atoms with Gasteiger partial charge < -0.3 is 15.2 Å². The Morgan fingerprint density at radius 3 is 2.70 bits per heavy atom. The fraction of sp³-hybridized carbons (Fsp3) is 0.375. The van der Waals surface area contributed by atoms with E-state index < -0.39 is 0 Å². The number of rotatable bonds is 2. The number of halogens is 2. The van der Waals surface area contributed by atoms with Gasteiger partial charge >= 0.3 is 0 Å². The van der Waals surface area contributed by atoms with Crippen LogP contribution in [0.4, 0.5) is 0 Å². The van der Waals surface area contributed by atoms with E-state index in [4.69, 9.17) is 0 Å². The average molecular weight is 401 g/mol. The van der Waals surface area contributed by atoms with E-state index in [1.165, 1.54) is 6.07 Å². The highest BCUT2D eigenvalue weighted by atomic mass is 79.9. The molecule has 1 aliphatic heterocycles. The van der Waals surface area contributed by atoms with Crippen molar-refractivity contribution < 1.29 is 4.79 Å². The number of H-pyrrole nitrogens is 1. The number of pyridine rings is 1. The molecule has 1 aliphatic rings. The van der Waals surface area contributed by atoms with E-state index in [9.17, 15) is 9.59 Å². The molecule has 0 unspecified atom stereocenters. The van der Waals surface area contributed by atoms with Crippen LogP contribution in [0.2, 0.25) is 0 Å². The molecule has 1 aromatic carbocycles. The topological polar surface area (TPSA) is 65.2 Å². The van der Waals surface area contributed by atoms with Crippen LogP contribution < -0.4 is 10.9 Å². The lowest BCUT2D eigenvalue weighted by Gasteiger charge is -2.31. The van der Waals surface area contributed by atoms with Gasteiger partial charge in [0.25, 0.3) is 5.91 Å². The van der Waals surface area contributed by atoms with Gasteiger partial charge in [-0.05, 0) is 47.9 Å². The average Bonchev–Trinajstić information content (AvgIpc) is 2.54. The largest absolute Gasteiger partial charge is 0.339 e. The maximum absolute atomic E-state index is 12.9. The van der Waals surface area contributed by atoms with Crippen LogP contribution in [0.3, 0.4) is 0 Å². The van der Waals surface area contributed by atoms with E-state index >= 15 is 0 Å². The van der Waals surface area contributed by atoms with Crippen LogP contribution in [0.1, 0.15) is 23.2 Å². The minimum atomic E-state index is -0.263. The van der Waals surface area contributed by atoms with Crippen molar-refractivity contribution in [2.24, 2.45) is 0 Å². The molecule has 23 heavy (non-hydrogen) atoms. The van der Waals surface area contributed by atoms with Gasteiger partial charge in [0.15, 0.2) is 0 Å². The summed E-state index contributed by atoms with van der Waals surface area (Å²) in [6, 6.07) is 7.19. The van der Waals surface area contributed by atoms with Gasteiger partial charge in [-0.3, -0.25) is 9.59 Å². The maximum atomic E-state index is 12.9. The molecule has 1 saturated heterocycles. The Balaban J connectivity index is 0.00000192. The third kappa shape index (κ3) is 3.59. The smallest absolute Gasteiger partial charge is 0.254 e. The number of amides is 1. The Morgan fingerprint density at radius 1 is 1.30 bits per heavy atom. The number of benzene rings is 1. The summed E-state index contributed by atoms with van der Waals surface area (Å²) in [7, 11) is 1.82. The van der Waals surface area contributed by atoms with E-state index in [-0.39, 0.29) is 29.9 Å². The van der Waals surface area contributed by atoms with Gasteiger partial charge in [0.05, 0.1) is 11.1 Å². The molecule has 2 heterocycles. The molecule has 0 bridgehead atoms. The van der Waals surface area contributed by atoms with Gasteiger partial charge in [0.2, 0.25) is 5.56 Å². The molecule has 0 saturated carbocycles. The molecule has 0 spiro atoms. The number of piperidine rings is 1. The quantitative estimate of drug-likeness (QED) is 0.814. The standard InChI is InChI=1S/C16H18BrN3O2.ClH/c1-20(10-5-7-18-8-6-10)16(22)12-9-14(21)19-15-11(12)3-2-4-13(15)17;/h2-4,9-10,18H,5-8H2,1H3,(H,19,21);1H. The molecular weight excluding hydrogens is 382 g/mol. The lowest BCUT2D eigenvalue weighted by Crippen LogP contribution is -2.44. The van der Waals surface area contributed by atoms with Crippen molar-refractivity contribution >= 4 is 45.1 Å². The summed E-state index contributed by atoms with van der Waals surface area (Å²) in [5.41, 5.74) is 0.861. The normalized spacial score (nSPS) is 15.2. The van der Waals surface area contributed by atoms with Crippen molar-refractivity contribution in [1.82, 2.24) is 15.2 Å². The van der Waals surface area contributed by atoms with Crippen molar-refractivity contribution in [2.75, 3.05) is 20.1 Å². The molecule has 1 fully saturated rings. The second kappa shape index (κ2) is 7.47. The molecule has 0 aliphatic carbocycles. The van der Waals surface area contributed by atoms with E-state index in [1.807, 2.05) is 25.2 Å². The minimum absolute atomic E-state index is 0. The van der Waals surface area contributed by atoms with Gasteiger partial charge in [-0.15, -0.1) is 12.4 Å². The highest BCUT2D eigenvalue weighted by Gasteiger charge is 2.24. The van der Waals surface area contributed by atoms with Gasteiger partial charge in [0, 0.05) is 29.0 Å². The molecule has 124 valence electrons. The molecule has 2 aromatic rings. The summed E-state index contributed by atoms with van der Waals surface area (Å²) < 4.78 is 0.779. The summed E-state index contributed by atoms with van der Waals surface area (Å²) in [5.74, 6) is -0.0962. The van der Waals surface area contributed by atoms with E-state index in [0.717, 1.165) is 35.8 Å². The second-order valence-electron chi connectivity index (χ2n) is 5.61. The van der Waals surface area contributed by atoms with E-state index in [2.05, 4.69) is 26.2 Å². The zero-order valence-corrected chi connectivity index (χ0v) is 15.2. The monoisotopic (exact) mass is 399 g/mol. The number of aromatic nitrogens is 1. The molecule has 2 N–H and O–H groups in total. The first-order valence-corrected chi connectivity index (χ1v) is 8.16. The Kier molecular flexibility index (Phi) is 5.84. The first kappa shape index (κ1) is 18.0. The van der Waals surface area contributed by atoms with Crippen LogP contribution >= 0.6 is 28.3 Å². The van der Waals surface area contributed by atoms with Crippen molar-refractivity contribution in [2.45, 2.75) is 18.9 Å².